The number of ether oxygens (including phenoxy) is 1. The van der Waals surface area contributed by atoms with Crippen LogP contribution in [0, 0.1) is 29.6 Å². The van der Waals surface area contributed by atoms with Gasteiger partial charge in [-0.25, -0.2) is 0 Å². The molecule has 0 aromatic carbocycles. The largest absolute Gasteiger partial charge is 0.462 e. The third kappa shape index (κ3) is 5.97. The number of hydrogen-bond donors (Lipinski definition) is 0. The topological polar surface area (TPSA) is 26.3 Å². The molecule has 0 aliphatic heterocycles. The Morgan fingerprint density at radius 1 is 0.815 bits per heavy atom. The highest BCUT2D eigenvalue weighted by atomic mass is 16.5. The molecule has 0 saturated heterocycles. The second-order valence-corrected chi connectivity index (χ2v) is 9.96. The number of esters is 1. The molecular formula is C25H44O2. The smallest absolute Gasteiger partial charge is 0.309 e. The van der Waals surface area contributed by atoms with Crippen molar-refractivity contribution in [1.29, 1.82) is 0 Å². The molecule has 1 atom stereocenters. The van der Waals surface area contributed by atoms with Gasteiger partial charge in [0.15, 0.2) is 0 Å². The van der Waals surface area contributed by atoms with E-state index < -0.39 is 0 Å². The molecule has 3 rings (SSSR count). The van der Waals surface area contributed by atoms with Crippen molar-refractivity contribution >= 4 is 5.97 Å². The molecule has 156 valence electrons. The molecule has 3 aliphatic rings. The summed E-state index contributed by atoms with van der Waals surface area (Å²) < 4.78 is 6.06. The molecule has 0 spiro atoms. The first kappa shape index (κ1) is 21.2. The van der Waals surface area contributed by atoms with Crippen LogP contribution >= 0.6 is 0 Å². The Morgan fingerprint density at radius 2 is 1.41 bits per heavy atom. The third-order valence-corrected chi connectivity index (χ3v) is 8.21. The van der Waals surface area contributed by atoms with Gasteiger partial charge in [-0.3, -0.25) is 4.79 Å². The lowest BCUT2D eigenvalue weighted by Gasteiger charge is -2.38. The molecule has 27 heavy (non-hydrogen) atoms. The van der Waals surface area contributed by atoms with Crippen LogP contribution in [0.25, 0.3) is 0 Å². The van der Waals surface area contributed by atoms with Gasteiger partial charge < -0.3 is 4.74 Å². The summed E-state index contributed by atoms with van der Waals surface area (Å²) in [7, 11) is 0. The van der Waals surface area contributed by atoms with E-state index in [0.29, 0.717) is 5.92 Å². The van der Waals surface area contributed by atoms with Gasteiger partial charge in [-0.2, -0.15) is 0 Å². The van der Waals surface area contributed by atoms with Crippen LogP contribution in [-0.2, 0) is 9.53 Å². The van der Waals surface area contributed by atoms with Crippen molar-refractivity contribution in [1.82, 2.24) is 0 Å². The average Bonchev–Trinajstić information content (AvgIpc) is 2.73. The van der Waals surface area contributed by atoms with Gasteiger partial charge in [0.05, 0.1) is 5.92 Å². The maximum Gasteiger partial charge on any atom is 0.309 e. The van der Waals surface area contributed by atoms with Gasteiger partial charge in [0.1, 0.15) is 6.10 Å². The number of hydrogen-bond acceptors (Lipinski definition) is 2. The molecule has 0 aromatic heterocycles. The van der Waals surface area contributed by atoms with E-state index in [9.17, 15) is 4.79 Å². The van der Waals surface area contributed by atoms with Crippen molar-refractivity contribution in [2.75, 3.05) is 0 Å². The Labute approximate surface area is 168 Å². The second-order valence-electron chi connectivity index (χ2n) is 9.96. The predicted molar refractivity (Wildman–Crippen MR) is 113 cm³/mol. The first-order chi connectivity index (χ1) is 13.2. The molecule has 0 aromatic rings. The molecule has 1 unspecified atom stereocenters. The van der Waals surface area contributed by atoms with Crippen molar-refractivity contribution in [3.63, 3.8) is 0 Å². The Hall–Kier alpha value is -0.530. The van der Waals surface area contributed by atoms with Crippen LogP contribution in [0.3, 0.4) is 0 Å². The third-order valence-electron chi connectivity index (χ3n) is 8.21. The lowest BCUT2D eigenvalue weighted by Crippen LogP contribution is -2.33. The molecule has 0 radical (unpaired) electrons. The van der Waals surface area contributed by atoms with E-state index in [2.05, 4.69) is 13.8 Å². The Bertz CT molecular complexity index is 424. The predicted octanol–water partition coefficient (Wildman–Crippen LogP) is 7.30. The second kappa shape index (κ2) is 10.9. The SMILES string of the molecule is CCCC1CCC(C2CCC(C(=O)OC(CC)C3CCCCC3)CC2)CC1. The normalized spacial score (nSPS) is 34.1. The summed E-state index contributed by atoms with van der Waals surface area (Å²) in [4.78, 5) is 12.8. The fourth-order valence-electron chi connectivity index (χ4n) is 6.45. The van der Waals surface area contributed by atoms with E-state index in [1.165, 1.54) is 83.5 Å². The van der Waals surface area contributed by atoms with Gasteiger partial charge in [-0.1, -0.05) is 58.8 Å². The van der Waals surface area contributed by atoms with Gasteiger partial charge >= 0.3 is 5.97 Å². The van der Waals surface area contributed by atoms with Crippen LogP contribution in [0.2, 0.25) is 0 Å². The Balaban J connectivity index is 1.40. The molecule has 2 nitrogen and oxygen atoms in total. The van der Waals surface area contributed by atoms with Gasteiger partial charge in [0.2, 0.25) is 0 Å². The van der Waals surface area contributed by atoms with Crippen molar-refractivity contribution in [3.8, 4) is 0 Å². The van der Waals surface area contributed by atoms with Crippen molar-refractivity contribution in [2.24, 2.45) is 29.6 Å². The minimum absolute atomic E-state index is 0.137. The Morgan fingerprint density at radius 3 is 1.96 bits per heavy atom. The van der Waals surface area contributed by atoms with E-state index in [1.54, 1.807) is 0 Å². The van der Waals surface area contributed by atoms with E-state index in [0.717, 1.165) is 37.0 Å². The van der Waals surface area contributed by atoms with Crippen LogP contribution in [0.4, 0.5) is 0 Å². The van der Waals surface area contributed by atoms with Crippen LogP contribution < -0.4 is 0 Å². The van der Waals surface area contributed by atoms with Gasteiger partial charge in [0.25, 0.3) is 0 Å². The number of carbonyl (C=O) groups excluding carboxylic acids is 1. The monoisotopic (exact) mass is 376 g/mol. The fraction of sp³-hybridized carbons (Fsp3) is 0.960. The lowest BCUT2D eigenvalue weighted by atomic mass is 9.69. The number of rotatable bonds is 7. The summed E-state index contributed by atoms with van der Waals surface area (Å²) >= 11 is 0. The van der Waals surface area contributed by atoms with Crippen LogP contribution in [0.15, 0.2) is 0 Å². The first-order valence-electron chi connectivity index (χ1n) is 12.4. The van der Waals surface area contributed by atoms with Gasteiger partial charge in [0, 0.05) is 0 Å². The van der Waals surface area contributed by atoms with Crippen LogP contribution in [0.5, 0.6) is 0 Å². The standard InChI is InChI=1S/C25H44O2/c1-3-8-19-11-13-20(14-12-19)21-15-17-23(18-16-21)25(26)27-24(4-2)22-9-6-5-7-10-22/h19-24H,3-18H2,1-2H3. The quantitative estimate of drug-likeness (QED) is 0.436. The maximum atomic E-state index is 12.8. The minimum Gasteiger partial charge on any atom is -0.462 e. The zero-order valence-corrected chi connectivity index (χ0v) is 18.1. The minimum atomic E-state index is 0.137. The molecule has 0 heterocycles. The summed E-state index contributed by atoms with van der Waals surface area (Å²) in [5.74, 6) is 3.79. The highest BCUT2D eigenvalue weighted by Crippen LogP contribution is 2.42. The van der Waals surface area contributed by atoms with Crippen LogP contribution in [0.1, 0.15) is 117 Å². The van der Waals surface area contributed by atoms with Crippen molar-refractivity contribution in [2.45, 2.75) is 123 Å². The summed E-state index contributed by atoms with van der Waals surface area (Å²) in [5, 5.41) is 0. The fourth-order valence-corrected chi connectivity index (χ4v) is 6.45. The summed E-state index contributed by atoms with van der Waals surface area (Å²) in [6, 6.07) is 0. The van der Waals surface area contributed by atoms with Gasteiger partial charge in [-0.05, 0) is 81.5 Å². The van der Waals surface area contributed by atoms with E-state index in [4.69, 9.17) is 4.74 Å². The summed E-state index contributed by atoms with van der Waals surface area (Å²) in [6.07, 6.45) is 21.0. The molecule has 2 heteroatoms. The molecule has 3 fully saturated rings. The first-order valence-corrected chi connectivity index (χ1v) is 12.4. The molecule has 0 N–H and O–H groups in total. The maximum absolute atomic E-state index is 12.8. The molecule has 0 amide bonds. The molecule has 0 bridgehead atoms. The van der Waals surface area contributed by atoms with E-state index >= 15 is 0 Å². The van der Waals surface area contributed by atoms with Crippen LogP contribution in [-0.4, -0.2) is 12.1 Å². The summed E-state index contributed by atoms with van der Waals surface area (Å²) in [6.45, 7) is 4.52. The molecule has 3 saturated carbocycles. The van der Waals surface area contributed by atoms with E-state index in [-0.39, 0.29) is 18.0 Å². The summed E-state index contributed by atoms with van der Waals surface area (Å²) in [5.41, 5.74) is 0. The molecular weight excluding hydrogens is 332 g/mol. The zero-order valence-electron chi connectivity index (χ0n) is 18.1. The Kier molecular flexibility index (Phi) is 8.52. The number of carbonyl (C=O) groups is 1. The van der Waals surface area contributed by atoms with Gasteiger partial charge in [-0.15, -0.1) is 0 Å². The highest BCUT2D eigenvalue weighted by molar-refractivity contribution is 5.72. The zero-order chi connectivity index (χ0) is 19.1. The van der Waals surface area contributed by atoms with Crippen molar-refractivity contribution in [3.05, 3.63) is 0 Å². The van der Waals surface area contributed by atoms with Crippen molar-refractivity contribution < 1.29 is 9.53 Å². The highest BCUT2D eigenvalue weighted by Gasteiger charge is 2.35. The molecule has 3 aliphatic carbocycles. The average molecular weight is 377 g/mol. The lowest BCUT2D eigenvalue weighted by molar-refractivity contribution is -0.159. The van der Waals surface area contributed by atoms with E-state index in [1.807, 2.05) is 0 Å².